The van der Waals surface area contributed by atoms with Gasteiger partial charge in [0.05, 0.1) is 17.1 Å². The number of benzene rings is 2. The number of nitrogens with two attached hydrogens (primary N) is 1. The Balaban J connectivity index is 1.95. The molecule has 0 saturated carbocycles. The fraction of sp³-hybridized carbons (Fsp3) is 0.125. The smallest absolute Gasteiger partial charge is 0.269 e. The number of hydrogen-bond acceptors (Lipinski definition) is 5. The molecule has 2 rings (SSSR count). The summed E-state index contributed by atoms with van der Waals surface area (Å²) in [6.07, 6.45) is 0.0938. The zero-order valence-electron chi connectivity index (χ0n) is 12.5. The first-order valence-electron chi connectivity index (χ1n) is 6.88. The summed E-state index contributed by atoms with van der Waals surface area (Å²) in [5.74, 6) is -0.298. The van der Waals surface area contributed by atoms with Gasteiger partial charge in [-0.3, -0.25) is 14.9 Å². The third kappa shape index (κ3) is 4.63. The first kappa shape index (κ1) is 16.2. The van der Waals surface area contributed by atoms with E-state index in [2.05, 4.69) is 10.5 Å². The Kier molecular flexibility index (Phi) is 5.03. The van der Waals surface area contributed by atoms with Gasteiger partial charge in [0.25, 0.3) is 5.69 Å². The molecular formula is C16H16N4O3. The van der Waals surface area contributed by atoms with Crippen LogP contribution in [0.1, 0.15) is 18.1 Å². The number of carbonyl (C=O) groups is 1. The average molecular weight is 312 g/mol. The topological polar surface area (TPSA) is 111 Å². The maximum atomic E-state index is 11.8. The van der Waals surface area contributed by atoms with E-state index in [9.17, 15) is 14.9 Å². The third-order valence-electron chi connectivity index (χ3n) is 3.19. The van der Waals surface area contributed by atoms with E-state index in [4.69, 9.17) is 5.73 Å². The molecule has 0 saturated heterocycles. The number of amides is 1. The molecule has 2 aromatic rings. The molecule has 0 aliphatic heterocycles. The first-order chi connectivity index (χ1) is 11.0. The number of nitrogens with zero attached hydrogens (tertiary/aromatic N) is 2. The van der Waals surface area contributed by atoms with Gasteiger partial charge in [-0.2, -0.15) is 5.10 Å². The second-order valence-corrected chi connectivity index (χ2v) is 4.95. The maximum Gasteiger partial charge on any atom is 0.269 e. The van der Waals surface area contributed by atoms with Crippen LogP contribution in [0.2, 0.25) is 0 Å². The summed E-state index contributed by atoms with van der Waals surface area (Å²) < 4.78 is 0. The summed E-state index contributed by atoms with van der Waals surface area (Å²) in [5.41, 5.74) is 10.9. The van der Waals surface area contributed by atoms with Crippen LogP contribution >= 0.6 is 0 Å². The van der Waals surface area contributed by atoms with Crippen LogP contribution < -0.4 is 11.2 Å². The molecule has 0 spiro atoms. The van der Waals surface area contributed by atoms with Gasteiger partial charge < -0.3 is 5.73 Å². The number of nitrogens with one attached hydrogen (secondary N) is 1. The molecule has 0 aliphatic rings. The number of nitro benzene ring substituents is 1. The van der Waals surface area contributed by atoms with Crippen molar-refractivity contribution in [1.82, 2.24) is 5.43 Å². The second-order valence-electron chi connectivity index (χ2n) is 4.95. The van der Waals surface area contributed by atoms with Crippen molar-refractivity contribution in [3.8, 4) is 0 Å². The molecule has 0 unspecified atom stereocenters. The quantitative estimate of drug-likeness (QED) is 0.382. The number of non-ortho nitro benzene ring substituents is 1. The Morgan fingerprint density at radius 1 is 1.17 bits per heavy atom. The number of hydrogen-bond donors (Lipinski definition) is 2. The van der Waals surface area contributed by atoms with E-state index >= 15 is 0 Å². The minimum atomic E-state index is -0.482. The number of hydrazone groups is 1. The van der Waals surface area contributed by atoms with Crippen molar-refractivity contribution in [2.75, 3.05) is 5.73 Å². The van der Waals surface area contributed by atoms with Gasteiger partial charge in [0.2, 0.25) is 5.91 Å². The molecule has 0 fully saturated rings. The number of nitro groups is 1. The summed E-state index contributed by atoms with van der Waals surface area (Å²) >= 11 is 0. The van der Waals surface area contributed by atoms with E-state index in [-0.39, 0.29) is 18.0 Å². The van der Waals surface area contributed by atoms with Crippen LogP contribution in [0.25, 0.3) is 0 Å². The van der Waals surface area contributed by atoms with Crippen LogP contribution in [-0.2, 0) is 11.2 Å². The molecule has 118 valence electrons. The summed E-state index contributed by atoms with van der Waals surface area (Å²) in [5, 5.41) is 14.6. The molecule has 0 bridgehead atoms. The average Bonchev–Trinajstić information content (AvgIpc) is 2.54. The number of anilines is 1. The largest absolute Gasteiger partial charge is 0.399 e. The molecule has 3 N–H and O–H groups in total. The van der Waals surface area contributed by atoms with E-state index in [1.807, 2.05) is 12.1 Å². The van der Waals surface area contributed by atoms with Gasteiger partial charge >= 0.3 is 0 Å². The Morgan fingerprint density at radius 2 is 1.78 bits per heavy atom. The molecule has 0 radical (unpaired) electrons. The van der Waals surface area contributed by atoms with Gasteiger partial charge in [-0.1, -0.05) is 24.3 Å². The lowest BCUT2D eigenvalue weighted by Crippen LogP contribution is -2.21. The first-order valence-corrected chi connectivity index (χ1v) is 6.88. The highest BCUT2D eigenvalue weighted by molar-refractivity contribution is 5.99. The number of rotatable bonds is 5. The van der Waals surface area contributed by atoms with Crippen molar-refractivity contribution < 1.29 is 9.72 Å². The molecule has 2 aromatic carbocycles. The highest BCUT2D eigenvalue weighted by Crippen LogP contribution is 2.12. The lowest BCUT2D eigenvalue weighted by Gasteiger charge is -2.04. The molecule has 0 aliphatic carbocycles. The minimum Gasteiger partial charge on any atom is -0.399 e. The Morgan fingerprint density at radius 3 is 2.35 bits per heavy atom. The van der Waals surface area contributed by atoms with Crippen molar-refractivity contribution >= 4 is 23.0 Å². The molecular weight excluding hydrogens is 296 g/mol. The molecule has 7 heteroatoms. The predicted octanol–water partition coefficient (Wildman–Crippen LogP) is 2.26. The fourth-order valence-corrected chi connectivity index (χ4v) is 1.90. The van der Waals surface area contributed by atoms with Crippen molar-refractivity contribution in [2.45, 2.75) is 13.3 Å². The van der Waals surface area contributed by atoms with E-state index in [0.717, 1.165) is 5.56 Å². The molecule has 1 amide bonds. The summed E-state index contributed by atoms with van der Waals surface area (Å²) in [6, 6.07) is 13.0. The monoisotopic (exact) mass is 312 g/mol. The lowest BCUT2D eigenvalue weighted by molar-refractivity contribution is -0.384. The third-order valence-corrected chi connectivity index (χ3v) is 3.19. The van der Waals surface area contributed by atoms with Crippen LogP contribution in [0.4, 0.5) is 11.4 Å². The summed E-state index contributed by atoms with van der Waals surface area (Å²) in [6.45, 7) is 1.78. The maximum absolute atomic E-state index is 11.8. The highest BCUT2D eigenvalue weighted by Gasteiger charge is 2.07. The summed E-state index contributed by atoms with van der Waals surface area (Å²) in [4.78, 5) is 21.9. The van der Waals surface area contributed by atoms with Gasteiger partial charge in [-0.25, -0.2) is 5.43 Å². The number of carbonyl (C=O) groups excluding carboxylic acids is 1. The molecule has 7 nitrogen and oxygen atoms in total. The van der Waals surface area contributed by atoms with Gasteiger partial charge in [-0.15, -0.1) is 0 Å². The van der Waals surface area contributed by atoms with Crippen molar-refractivity contribution in [3.05, 3.63) is 69.8 Å². The fourth-order valence-electron chi connectivity index (χ4n) is 1.90. The molecule has 0 heterocycles. The summed E-state index contributed by atoms with van der Waals surface area (Å²) in [7, 11) is 0. The molecule has 0 atom stereocenters. The van der Waals surface area contributed by atoms with Crippen LogP contribution in [0.5, 0.6) is 0 Å². The standard InChI is InChI=1S/C16H16N4O3/c1-11(13-4-6-14(17)7-5-13)18-19-16(21)10-12-2-8-15(9-3-12)20(22)23/h2-9H,10,17H2,1H3,(H,19,21)/b18-11+. The minimum absolute atomic E-state index is 0.00799. The number of nitrogen functional groups attached to an aromatic ring is 1. The van der Waals surface area contributed by atoms with Crippen LogP contribution in [0, 0.1) is 10.1 Å². The van der Waals surface area contributed by atoms with Crippen LogP contribution in [0.3, 0.4) is 0 Å². The van der Waals surface area contributed by atoms with Crippen molar-refractivity contribution in [1.29, 1.82) is 0 Å². The Hall–Kier alpha value is -3.22. The van der Waals surface area contributed by atoms with Gasteiger partial charge in [0.1, 0.15) is 0 Å². The van der Waals surface area contributed by atoms with Crippen molar-refractivity contribution in [2.24, 2.45) is 5.10 Å². The SMILES string of the molecule is C/C(=N\NC(=O)Cc1ccc([N+](=O)[O-])cc1)c1ccc(N)cc1. The lowest BCUT2D eigenvalue weighted by atomic mass is 10.1. The van der Waals surface area contributed by atoms with E-state index < -0.39 is 4.92 Å². The second kappa shape index (κ2) is 7.17. The van der Waals surface area contributed by atoms with E-state index in [1.165, 1.54) is 12.1 Å². The predicted molar refractivity (Wildman–Crippen MR) is 88.0 cm³/mol. The van der Waals surface area contributed by atoms with Crippen molar-refractivity contribution in [3.63, 3.8) is 0 Å². The van der Waals surface area contributed by atoms with E-state index in [1.54, 1.807) is 31.2 Å². The normalized spacial score (nSPS) is 11.1. The zero-order chi connectivity index (χ0) is 16.8. The zero-order valence-corrected chi connectivity index (χ0v) is 12.5. The highest BCUT2D eigenvalue weighted by atomic mass is 16.6. The molecule has 0 aromatic heterocycles. The van der Waals surface area contributed by atoms with Crippen LogP contribution in [-0.4, -0.2) is 16.5 Å². The van der Waals surface area contributed by atoms with Gasteiger partial charge in [0, 0.05) is 17.8 Å². The van der Waals surface area contributed by atoms with E-state index in [0.29, 0.717) is 17.0 Å². The Labute approximate surface area is 133 Å². The van der Waals surface area contributed by atoms with Gasteiger partial charge in [0.15, 0.2) is 0 Å². The Bertz CT molecular complexity index is 737. The molecule has 23 heavy (non-hydrogen) atoms. The van der Waals surface area contributed by atoms with Crippen LogP contribution in [0.15, 0.2) is 53.6 Å². The van der Waals surface area contributed by atoms with Gasteiger partial charge in [-0.05, 0) is 30.2 Å².